The molecular weight excluding hydrogens is 390 g/mol. The van der Waals surface area contributed by atoms with Crippen LogP contribution in [0.4, 0.5) is 14.5 Å². The lowest BCUT2D eigenvalue weighted by atomic mass is 10.1. The number of anilines is 1. The smallest absolute Gasteiger partial charge is 0.241 e. The Morgan fingerprint density at radius 1 is 1.13 bits per heavy atom. The minimum atomic E-state index is -2.34. The van der Waals surface area contributed by atoms with Crippen molar-refractivity contribution in [3.05, 3.63) is 54.1 Å². The lowest BCUT2D eigenvalue weighted by Crippen LogP contribution is -2.24. The van der Waals surface area contributed by atoms with Crippen molar-refractivity contribution < 1.29 is 23.0 Å². The standard InChI is InChI=1S/C23H28F2N2O3/c1-16(26-17(2)28)18-3-7-21(8-4-18)30-22-11-13-27(15-22)19-5-9-20(10-6-19)29-14-12-23(24)25/h3-10,16,22-23H,11-15H2,1-2H3,(H,26,28)/t16-,22?/m0/s1. The van der Waals surface area contributed by atoms with Gasteiger partial charge in [-0.1, -0.05) is 12.1 Å². The third-order valence-electron chi connectivity index (χ3n) is 5.05. The molecule has 162 valence electrons. The average molecular weight is 418 g/mol. The van der Waals surface area contributed by atoms with E-state index in [1.54, 1.807) is 0 Å². The van der Waals surface area contributed by atoms with Gasteiger partial charge in [-0.05, 0) is 48.9 Å². The van der Waals surface area contributed by atoms with Crippen LogP contribution in [0.5, 0.6) is 11.5 Å². The first-order valence-electron chi connectivity index (χ1n) is 10.2. The van der Waals surface area contributed by atoms with Gasteiger partial charge in [0.15, 0.2) is 0 Å². The second-order valence-corrected chi connectivity index (χ2v) is 7.49. The molecule has 1 amide bonds. The summed E-state index contributed by atoms with van der Waals surface area (Å²) < 4.78 is 35.8. The zero-order chi connectivity index (χ0) is 21.5. The number of ether oxygens (including phenoxy) is 2. The lowest BCUT2D eigenvalue weighted by molar-refractivity contribution is -0.119. The van der Waals surface area contributed by atoms with E-state index in [0.29, 0.717) is 5.75 Å². The Morgan fingerprint density at radius 2 is 1.80 bits per heavy atom. The van der Waals surface area contributed by atoms with E-state index in [0.717, 1.165) is 36.5 Å². The highest BCUT2D eigenvalue weighted by Gasteiger charge is 2.24. The van der Waals surface area contributed by atoms with E-state index < -0.39 is 6.43 Å². The van der Waals surface area contributed by atoms with Crippen LogP contribution in [0.25, 0.3) is 0 Å². The molecule has 0 spiro atoms. The van der Waals surface area contributed by atoms with Gasteiger partial charge in [-0.25, -0.2) is 8.78 Å². The van der Waals surface area contributed by atoms with Crippen molar-refractivity contribution in [2.24, 2.45) is 0 Å². The average Bonchev–Trinajstić information content (AvgIpc) is 3.17. The minimum Gasteiger partial charge on any atom is -0.493 e. The van der Waals surface area contributed by atoms with Gasteiger partial charge in [-0.15, -0.1) is 0 Å². The van der Waals surface area contributed by atoms with Gasteiger partial charge in [0.2, 0.25) is 12.3 Å². The zero-order valence-corrected chi connectivity index (χ0v) is 17.3. The van der Waals surface area contributed by atoms with Crippen LogP contribution in [-0.2, 0) is 4.79 Å². The Bertz CT molecular complexity index is 812. The van der Waals surface area contributed by atoms with Crippen LogP contribution in [0.2, 0.25) is 0 Å². The summed E-state index contributed by atoms with van der Waals surface area (Å²) in [6.45, 7) is 5.12. The molecule has 0 radical (unpaired) electrons. The van der Waals surface area contributed by atoms with Crippen molar-refractivity contribution in [1.82, 2.24) is 5.32 Å². The fourth-order valence-electron chi connectivity index (χ4n) is 3.49. The Morgan fingerprint density at radius 3 is 2.43 bits per heavy atom. The summed E-state index contributed by atoms with van der Waals surface area (Å²) in [5, 5.41) is 2.87. The number of hydrogen-bond acceptors (Lipinski definition) is 4. The molecule has 5 nitrogen and oxygen atoms in total. The van der Waals surface area contributed by atoms with Gasteiger partial charge in [0.25, 0.3) is 0 Å². The molecule has 0 aromatic heterocycles. The van der Waals surface area contributed by atoms with Crippen molar-refractivity contribution in [2.75, 3.05) is 24.6 Å². The summed E-state index contributed by atoms with van der Waals surface area (Å²) in [5.74, 6) is 1.35. The number of rotatable bonds is 9. The minimum absolute atomic E-state index is 0.0129. The summed E-state index contributed by atoms with van der Waals surface area (Å²) >= 11 is 0. The van der Waals surface area contributed by atoms with Crippen LogP contribution < -0.4 is 19.7 Å². The molecule has 1 aliphatic heterocycles. The van der Waals surface area contributed by atoms with Crippen LogP contribution in [0, 0.1) is 0 Å². The highest BCUT2D eigenvalue weighted by molar-refractivity contribution is 5.73. The predicted molar refractivity (Wildman–Crippen MR) is 112 cm³/mol. The quantitative estimate of drug-likeness (QED) is 0.648. The van der Waals surface area contributed by atoms with Gasteiger partial charge < -0.3 is 19.7 Å². The number of halogens is 2. The number of amides is 1. The zero-order valence-electron chi connectivity index (χ0n) is 17.3. The van der Waals surface area contributed by atoms with Crippen LogP contribution in [-0.4, -0.2) is 38.1 Å². The Hall–Kier alpha value is -2.83. The monoisotopic (exact) mass is 418 g/mol. The molecule has 1 unspecified atom stereocenters. The number of nitrogens with zero attached hydrogens (tertiary/aromatic N) is 1. The molecular formula is C23H28F2N2O3. The van der Waals surface area contributed by atoms with Gasteiger partial charge in [-0.3, -0.25) is 4.79 Å². The summed E-state index contributed by atoms with van der Waals surface area (Å²) in [6.07, 6.45) is -1.61. The van der Waals surface area contributed by atoms with Crippen molar-refractivity contribution >= 4 is 11.6 Å². The van der Waals surface area contributed by atoms with Crippen molar-refractivity contribution in [3.63, 3.8) is 0 Å². The van der Waals surface area contributed by atoms with Gasteiger partial charge in [0.1, 0.15) is 17.6 Å². The molecule has 3 rings (SSSR count). The van der Waals surface area contributed by atoms with E-state index >= 15 is 0 Å². The first-order valence-corrected chi connectivity index (χ1v) is 10.2. The number of nitrogens with one attached hydrogen (secondary N) is 1. The first-order chi connectivity index (χ1) is 14.4. The predicted octanol–water partition coefficient (Wildman–Crippen LogP) is 4.58. The van der Waals surface area contributed by atoms with Gasteiger partial charge in [0.05, 0.1) is 19.2 Å². The summed E-state index contributed by atoms with van der Waals surface area (Å²) in [7, 11) is 0. The maximum atomic E-state index is 12.2. The van der Waals surface area contributed by atoms with Gasteiger partial charge in [0, 0.05) is 32.0 Å². The molecule has 7 heteroatoms. The SMILES string of the molecule is CC(=O)N[C@@H](C)c1ccc(OC2CCN(c3ccc(OCCC(F)F)cc3)C2)cc1. The van der Waals surface area contributed by atoms with E-state index in [2.05, 4.69) is 10.2 Å². The third kappa shape index (κ3) is 6.34. The molecule has 0 aliphatic carbocycles. The fraction of sp³-hybridized carbons (Fsp3) is 0.435. The molecule has 1 saturated heterocycles. The van der Waals surface area contributed by atoms with E-state index in [1.165, 1.54) is 6.92 Å². The summed E-state index contributed by atoms with van der Waals surface area (Å²) in [5.41, 5.74) is 2.09. The van der Waals surface area contributed by atoms with Crippen molar-refractivity contribution in [3.8, 4) is 11.5 Å². The van der Waals surface area contributed by atoms with E-state index in [9.17, 15) is 13.6 Å². The van der Waals surface area contributed by atoms with Gasteiger partial charge >= 0.3 is 0 Å². The highest BCUT2D eigenvalue weighted by Crippen LogP contribution is 2.26. The van der Waals surface area contributed by atoms with Crippen LogP contribution >= 0.6 is 0 Å². The van der Waals surface area contributed by atoms with Gasteiger partial charge in [-0.2, -0.15) is 0 Å². The Balaban J connectivity index is 1.49. The first kappa shape index (κ1) is 21.9. The van der Waals surface area contributed by atoms with E-state index in [1.807, 2.05) is 55.5 Å². The molecule has 2 atom stereocenters. The molecule has 1 fully saturated rings. The van der Waals surface area contributed by atoms with Crippen LogP contribution in [0.1, 0.15) is 38.3 Å². The highest BCUT2D eigenvalue weighted by atomic mass is 19.3. The number of carbonyl (C=O) groups is 1. The summed E-state index contributed by atoms with van der Waals surface area (Å²) in [6, 6.07) is 15.3. The van der Waals surface area contributed by atoms with Crippen LogP contribution in [0.3, 0.4) is 0 Å². The molecule has 30 heavy (non-hydrogen) atoms. The van der Waals surface area contributed by atoms with Crippen molar-refractivity contribution in [2.45, 2.75) is 45.3 Å². The second kappa shape index (κ2) is 10.3. The molecule has 2 aromatic rings. The van der Waals surface area contributed by atoms with Crippen molar-refractivity contribution in [1.29, 1.82) is 0 Å². The largest absolute Gasteiger partial charge is 0.493 e. The molecule has 2 aromatic carbocycles. The maximum absolute atomic E-state index is 12.2. The number of hydrogen-bond donors (Lipinski definition) is 1. The molecule has 0 bridgehead atoms. The number of alkyl halides is 2. The molecule has 0 saturated carbocycles. The number of benzene rings is 2. The fourth-order valence-corrected chi connectivity index (χ4v) is 3.49. The Labute approximate surface area is 176 Å². The summed E-state index contributed by atoms with van der Waals surface area (Å²) in [4.78, 5) is 13.4. The molecule has 1 aliphatic rings. The normalized spacial score (nSPS) is 17.1. The van der Waals surface area contributed by atoms with Crippen LogP contribution in [0.15, 0.2) is 48.5 Å². The third-order valence-corrected chi connectivity index (χ3v) is 5.05. The molecule has 1 N–H and O–H groups in total. The second-order valence-electron chi connectivity index (χ2n) is 7.49. The lowest BCUT2D eigenvalue weighted by Gasteiger charge is -2.20. The molecule has 1 heterocycles. The topological polar surface area (TPSA) is 50.8 Å². The van der Waals surface area contributed by atoms with E-state index in [4.69, 9.17) is 9.47 Å². The Kier molecular flexibility index (Phi) is 7.49. The maximum Gasteiger partial charge on any atom is 0.241 e. The number of carbonyl (C=O) groups excluding carboxylic acids is 1. The van der Waals surface area contributed by atoms with E-state index in [-0.39, 0.29) is 31.1 Å².